The van der Waals surface area contributed by atoms with Crippen molar-refractivity contribution in [3.05, 3.63) is 40.5 Å². The average molecular weight is 291 g/mol. The number of rotatable bonds is 0. The van der Waals surface area contributed by atoms with Gasteiger partial charge in [-0.1, -0.05) is 28.1 Å². The fourth-order valence-corrected chi connectivity index (χ4v) is 3.10. The van der Waals surface area contributed by atoms with Gasteiger partial charge >= 0.3 is 0 Å². The Bertz CT molecular complexity index is 491. The van der Waals surface area contributed by atoms with Crippen LogP contribution in [0, 0.1) is 0 Å². The van der Waals surface area contributed by atoms with Crippen LogP contribution in [0.4, 0.5) is 5.69 Å². The molecule has 88 valence electrons. The maximum absolute atomic E-state index is 4.53. The van der Waals surface area contributed by atoms with E-state index in [1.54, 1.807) is 0 Å². The predicted octanol–water partition coefficient (Wildman–Crippen LogP) is 3.91. The first-order chi connectivity index (χ1) is 8.36. The van der Waals surface area contributed by atoms with Gasteiger partial charge in [-0.15, -0.1) is 0 Å². The minimum atomic E-state index is 1.06. The van der Waals surface area contributed by atoms with E-state index in [4.69, 9.17) is 0 Å². The highest BCUT2D eigenvalue weighted by Crippen LogP contribution is 2.33. The Morgan fingerprint density at radius 2 is 2.18 bits per heavy atom. The summed E-state index contributed by atoms with van der Waals surface area (Å²) in [5, 5.41) is 0. The van der Waals surface area contributed by atoms with Gasteiger partial charge in [0.15, 0.2) is 0 Å². The number of allylic oxidation sites excluding steroid dienone is 1. The zero-order chi connectivity index (χ0) is 11.7. The van der Waals surface area contributed by atoms with Crippen LogP contribution in [0.1, 0.15) is 24.8 Å². The highest BCUT2D eigenvalue weighted by Gasteiger charge is 2.22. The topological polar surface area (TPSA) is 15.6 Å². The van der Waals surface area contributed by atoms with Crippen LogP contribution in [0.3, 0.4) is 0 Å². The molecule has 0 spiro atoms. The maximum atomic E-state index is 4.53. The third kappa shape index (κ3) is 2.04. The van der Waals surface area contributed by atoms with Crippen LogP contribution >= 0.6 is 15.9 Å². The van der Waals surface area contributed by atoms with Gasteiger partial charge in [-0.2, -0.15) is 0 Å². The monoisotopic (exact) mass is 290 g/mol. The summed E-state index contributed by atoms with van der Waals surface area (Å²) in [6, 6.07) is 6.45. The third-order valence-corrected chi connectivity index (χ3v) is 4.11. The SMILES string of the molecule is Brc1cccc2c1CCCN2C1=NC=CCC1. The largest absolute Gasteiger partial charge is 0.330 e. The van der Waals surface area contributed by atoms with E-state index in [2.05, 4.69) is 50.1 Å². The Hall–Kier alpha value is -1.09. The summed E-state index contributed by atoms with van der Waals surface area (Å²) in [6.07, 6.45) is 8.61. The van der Waals surface area contributed by atoms with Gasteiger partial charge in [-0.25, -0.2) is 4.99 Å². The molecular formula is C14H15BrN2. The molecule has 3 heteroatoms. The van der Waals surface area contributed by atoms with Gasteiger partial charge in [0, 0.05) is 29.3 Å². The molecule has 0 N–H and O–H groups in total. The van der Waals surface area contributed by atoms with Gasteiger partial charge in [-0.05, 0) is 37.0 Å². The van der Waals surface area contributed by atoms with Crippen LogP contribution in [-0.2, 0) is 6.42 Å². The first kappa shape index (κ1) is 11.0. The van der Waals surface area contributed by atoms with Crippen molar-refractivity contribution >= 4 is 27.5 Å². The van der Waals surface area contributed by atoms with Crippen LogP contribution in [-0.4, -0.2) is 12.4 Å². The lowest BCUT2D eigenvalue weighted by Gasteiger charge is -2.33. The number of hydrogen-bond acceptors (Lipinski definition) is 2. The number of fused-ring (bicyclic) bond motifs is 1. The van der Waals surface area contributed by atoms with Gasteiger partial charge in [-0.3, -0.25) is 0 Å². The molecule has 0 radical (unpaired) electrons. The first-order valence-electron chi connectivity index (χ1n) is 6.13. The summed E-state index contributed by atoms with van der Waals surface area (Å²) in [5.41, 5.74) is 2.76. The number of nitrogens with zero attached hydrogens (tertiary/aromatic N) is 2. The van der Waals surface area contributed by atoms with E-state index in [1.165, 1.54) is 28.0 Å². The molecule has 2 aliphatic rings. The second-order valence-electron chi connectivity index (χ2n) is 4.46. The van der Waals surface area contributed by atoms with Crippen molar-refractivity contribution in [1.29, 1.82) is 0 Å². The van der Waals surface area contributed by atoms with Crippen LogP contribution in [0.5, 0.6) is 0 Å². The van der Waals surface area contributed by atoms with Crippen molar-refractivity contribution in [3.8, 4) is 0 Å². The summed E-state index contributed by atoms with van der Waals surface area (Å²) in [5.74, 6) is 1.21. The standard InChI is InChI=1S/C14H15BrN2/c15-12-6-3-7-13-11(12)5-4-10-17(13)14-8-1-2-9-16-14/h2-3,6-7,9H,1,4-5,8,10H2. The van der Waals surface area contributed by atoms with E-state index in [0.29, 0.717) is 0 Å². The summed E-state index contributed by atoms with van der Waals surface area (Å²) in [6.45, 7) is 1.09. The summed E-state index contributed by atoms with van der Waals surface area (Å²) in [4.78, 5) is 6.91. The van der Waals surface area contributed by atoms with Crippen molar-refractivity contribution in [3.63, 3.8) is 0 Å². The molecule has 0 aliphatic carbocycles. The molecule has 2 heterocycles. The quantitative estimate of drug-likeness (QED) is 0.707. The van der Waals surface area contributed by atoms with E-state index in [0.717, 1.165) is 25.8 Å². The minimum Gasteiger partial charge on any atom is -0.330 e. The van der Waals surface area contributed by atoms with Crippen LogP contribution < -0.4 is 4.90 Å². The van der Waals surface area contributed by atoms with Crippen LogP contribution in [0.15, 0.2) is 39.9 Å². The molecule has 0 bridgehead atoms. The molecule has 0 unspecified atom stereocenters. The molecule has 2 nitrogen and oxygen atoms in total. The number of hydrogen-bond donors (Lipinski definition) is 0. The summed E-state index contributed by atoms with van der Waals surface area (Å²) >= 11 is 3.65. The first-order valence-corrected chi connectivity index (χ1v) is 6.92. The Kier molecular flexibility index (Phi) is 3.02. The van der Waals surface area contributed by atoms with Gasteiger partial charge in [0.1, 0.15) is 5.84 Å². The van der Waals surface area contributed by atoms with Crippen molar-refractivity contribution in [1.82, 2.24) is 0 Å². The fourth-order valence-electron chi connectivity index (χ4n) is 2.55. The molecule has 1 aromatic rings. The number of anilines is 1. The molecule has 0 amide bonds. The highest BCUT2D eigenvalue weighted by atomic mass is 79.9. The molecule has 0 saturated carbocycles. The molecule has 17 heavy (non-hydrogen) atoms. The zero-order valence-electron chi connectivity index (χ0n) is 9.69. The molecule has 3 rings (SSSR count). The number of benzene rings is 1. The summed E-state index contributed by atoms with van der Waals surface area (Å²) < 4.78 is 1.23. The van der Waals surface area contributed by atoms with Crippen molar-refractivity contribution in [2.45, 2.75) is 25.7 Å². The van der Waals surface area contributed by atoms with Gasteiger partial charge in [0.25, 0.3) is 0 Å². The van der Waals surface area contributed by atoms with Crippen molar-refractivity contribution in [2.24, 2.45) is 4.99 Å². The van der Waals surface area contributed by atoms with E-state index >= 15 is 0 Å². The molecule has 0 atom stereocenters. The van der Waals surface area contributed by atoms with Crippen LogP contribution in [0.2, 0.25) is 0 Å². The molecule has 0 saturated heterocycles. The Balaban J connectivity index is 2.02. The molecule has 0 aromatic heterocycles. The second kappa shape index (κ2) is 4.65. The fraction of sp³-hybridized carbons (Fsp3) is 0.357. The predicted molar refractivity (Wildman–Crippen MR) is 75.6 cm³/mol. The lowest BCUT2D eigenvalue weighted by molar-refractivity contribution is 0.765. The van der Waals surface area contributed by atoms with E-state index in [9.17, 15) is 0 Å². The third-order valence-electron chi connectivity index (χ3n) is 3.37. The minimum absolute atomic E-state index is 1.06. The molecule has 1 aromatic carbocycles. The molecule has 0 fully saturated rings. The number of amidine groups is 1. The average Bonchev–Trinajstić information content (AvgIpc) is 2.40. The lowest BCUT2D eigenvalue weighted by atomic mass is 10.0. The van der Waals surface area contributed by atoms with Crippen molar-refractivity contribution < 1.29 is 0 Å². The Labute approximate surface area is 110 Å². The summed E-state index contributed by atoms with van der Waals surface area (Å²) in [7, 11) is 0. The Morgan fingerprint density at radius 3 is 3.00 bits per heavy atom. The van der Waals surface area contributed by atoms with Crippen molar-refractivity contribution in [2.75, 3.05) is 11.4 Å². The lowest BCUT2D eigenvalue weighted by Crippen LogP contribution is -2.35. The van der Waals surface area contributed by atoms with Gasteiger partial charge in [0.2, 0.25) is 0 Å². The van der Waals surface area contributed by atoms with Gasteiger partial charge in [0.05, 0.1) is 0 Å². The number of aliphatic imine (C=N–C) groups is 1. The Morgan fingerprint density at radius 1 is 1.24 bits per heavy atom. The molecule has 2 aliphatic heterocycles. The second-order valence-corrected chi connectivity index (χ2v) is 5.32. The van der Waals surface area contributed by atoms with Gasteiger partial charge < -0.3 is 4.90 Å². The smallest absolute Gasteiger partial charge is 0.109 e. The molecular weight excluding hydrogens is 276 g/mol. The van der Waals surface area contributed by atoms with Crippen LogP contribution in [0.25, 0.3) is 0 Å². The van der Waals surface area contributed by atoms with E-state index in [-0.39, 0.29) is 0 Å². The zero-order valence-corrected chi connectivity index (χ0v) is 11.3. The highest BCUT2D eigenvalue weighted by molar-refractivity contribution is 9.10. The van der Waals surface area contributed by atoms with E-state index in [1.807, 2.05) is 6.20 Å². The normalized spacial score (nSPS) is 18.9. The van der Waals surface area contributed by atoms with E-state index < -0.39 is 0 Å². The maximum Gasteiger partial charge on any atom is 0.109 e. The number of halogens is 1.